The van der Waals surface area contributed by atoms with E-state index in [1.54, 1.807) is 79.9 Å². The van der Waals surface area contributed by atoms with Crippen LogP contribution in [0.15, 0.2) is 72.8 Å². The molecule has 0 spiro atoms. The summed E-state index contributed by atoms with van der Waals surface area (Å²) in [5.74, 6) is -0.0280. The van der Waals surface area contributed by atoms with Crippen molar-refractivity contribution in [3.05, 3.63) is 83.9 Å². The first-order valence-corrected chi connectivity index (χ1v) is 11.7. The number of rotatable bonds is 10. The van der Waals surface area contributed by atoms with Crippen LogP contribution >= 0.6 is 0 Å². The Balaban J connectivity index is 1.71. The normalized spacial score (nSPS) is 11.4. The maximum Gasteiger partial charge on any atom is 0.255 e. The van der Waals surface area contributed by atoms with Crippen LogP contribution in [0.3, 0.4) is 0 Å². The van der Waals surface area contributed by atoms with Crippen molar-refractivity contribution in [2.45, 2.75) is 26.8 Å². The van der Waals surface area contributed by atoms with Gasteiger partial charge in [0.25, 0.3) is 11.8 Å². The van der Waals surface area contributed by atoms with E-state index in [-0.39, 0.29) is 23.3 Å². The molecule has 0 aliphatic carbocycles. The summed E-state index contributed by atoms with van der Waals surface area (Å²) >= 11 is 0. The van der Waals surface area contributed by atoms with Gasteiger partial charge in [0.05, 0.1) is 25.0 Å². The van der Waals surface area contributed by atoms with E-state index in [1.165, 1.54) is 0 Å². The molecule has 1 unspecified atom stereocenters. The first-order valence-electron chi connectivity index (χ1n) is 11.7. The minimum absolute atomic E-state index is 0.183. The number of amides is 3. The van der Waals surface area contributed by atoms with E-state index in [9.17, 15) is 14.4 Å². The lowest BCUT2D eigenvalue weighted by Crippen LogP contribution is -2.47. The van der Waals surface area contributed by atoms with Crippen molar-refractivity contribution in [2.75, 3.05) is 24.4 Å². The van der Waals surface area contributed by atoms with Gasteiger partial charge < -0.3 is 25.4 Å². The first kappa shape index (κ1) is 26.3. The molecule has 188 valence electrons. The van der Waals surface area contributed by atoms with Crippen LogP contribution in [0, 0.1) is 5.92 Å². The van der Waals surface area contributed by atoms with E-state index in [1.807, 2.05) is 20.8 Å². The summed E-state index contributed by atoms with van der Waals surface area (Å²) < 4.78 is 10.5. The van der Waals surface area contributed by atoms with Gasteiger partial charge in [-0.15, -0.1) is 0 Å². The number of benzene rings is 3. The topological polar surface area (TPSA) is 106 Å². The van der Waals surface area contributed by atoms with Gasteiger partial charge in [-0.3, -0.25) is 14.4 Å². The van der Waals surface area contributed by atoms with E-state index in [0.29, 0.717) is 35.0 Å². The maximum absolute atomic E-state index is 13.2. The van der Waals surface area contributed by atoms with Gasteiger partial charge in [-0.2, -0.15) is 0 Å². The number of carbonyl (C=O) groups excluding carboxylic acids is 3. The number of carbonyl (C=O) groups is 3. The number of methoxy groups -OCH3 is 1. The van der Waals surface area contributed by atoms with Gasteiger partial charge in [0, 0.05) is 11.3 Å². The van der Waals surface area contributed by atoms with E-state index in [2.05, 4.69) is 16.0 Å². The molecule has 0 fully saturated rings. The number of para-hydroxylation sites is 1. The zero-order valence-corrected chi connectivity index (χ0v) is 20.8. The second kappa shape index (κ2) is 12.4. The third-order valence-electron chi connectivity index (χ3n) is 5.44. The predicted molar refractivity (Wildman–Crippen MR) is 140 cm³/mol. The van der Waals surface area contributed by atoms with E-state index < -0.39 is 11.9 Å². The van der Waals surface area contributed by atoms with Crippen LogP contribution in [-0.4, -0.2) is 37.5 Å². The quantitative estimate of drug-likeness (QED) is 0.382. The molecule has 3 aromatic carbocycles. The van der Waals surface area contributed by atoms with Crippen molar-refractivity contribution in [1.29, 1.82) is 0 Å². The van der Waals surface area contributed by atoms with Crippen LogP contribution in [0.4, 0.5) is 11.4 Å². The fourth-order valence-corrected chi connectivity index (χ4v) is 3.50. The Morgan fingerprint density at radius 3 is 2.06 bits per heavy atom. The SMILES string of the molecule is CCOc1ccc(NC(=O)C(NC(=O)c2ccccc2NC(=O)c2ccc(OC)cc2)C(C)C)cc1. The summed E-state index contributed by atoms with van der Waals surface area (Å²) in [6.45, 7) is 6.14. The second-order valence-electron chi connectivity index (χ2n) is 8.37. The zero-order chi connectivity index (χ0) is 26.1. The molecule has 0 saturated heterocycles. The van der Waals surface area contributed by atoms with Crippen LogP contribution in [0.1, 0.15) is 41.5 Å². The minimum Gasteiger partial charge on any atom is -0.497 e. The Hall–Kier alpha value is -4.33. The minimum atomic E-state index is -0.797. The molecule has 8 heteroatoms. The Labute approximate surface area is 211 Å². The number of ether oxygens (including phenoxy) is 2. The molecular formula is C28H31N3O5. The number of hydrogen-bond acceptors (Lipinski definition) is 5. The van der Waals surface area contributed by atoms with Crippen molar-refractivity contribution >= 4 is 29.1 Å². The smallest absolute Gasteiger partial charge is 0.255 e. The van der Waals surface area contributed by atoms with E-state index >= 15 is 0 Å². The zero-order valence-electron chi connectivity index (χ0n) is 20.8. The average molecular weight is 490 g/mol. The van der Waals surface area contributed by atoms with E-state index in [0.717, 1.165) is 0 Å². The largest absolute Gasteiger partial charge is 0.497 e. The summed E-state index contributed by atoms with van der Waals surface area (Å²) in [4.78, 5) is 38.9. The van der Waals surface area contributed by atoms with Crippen LogP contribution in [0.5, 0.6) is 11.5 Å². The highest BCUT2D eigenvalue weighted by Crippen LogP contribution is 2.20. The Kier molecular flexibility index (Phi) is 9.05. The van der Waals surface area contributed by atoms with Crippen LogP contribution in [-0.2, 0) is 4.79 Å². The average Bonchev–Trinajstić information content (AvgIpc) is 2.88. The lowest BCUT2D eigenvalue weighted by Gasteiger charge is -2.22. The van der Waals surface area contributed by atoms with Gasteiger partial charge >= 0.3 is 0 Å². The van der Waals surface area contributed by atoms with Crippen molar-refractivity contribution in [1.82, 2.24) is 5.32 Å². The lowest BCUT2D eigenvalue weighted by molar-refractivity contribution is -0.118. The Morgan fingerprint density at radius 1 is 0.806 bits per heavy atom. The van der Waals surface area contributed by atoms with Gasteiger partial charge in [-0.1, -0.05) is 26.0 Å². The Bertz CT molecular complexity index is 1190. The molecular weight excluding hydrogens is 458 g/mol. The van der Waals surface area contributed by atoms with Gasteiger partial charge in [0.15, 0.2) is 0 Å². The molecule has 3 rings (SSSR count). The fourth-order valence-electron chi connectivity index (χ4n) is 3.50. The molecule has 0 aliphatic heterocycles. The molecule has 0 saturated carbocycles. The predicted octanol–water partition coefficient (Wildman–Crippen LogP) is 4.74. The number of hydrogen-bond donors (Lipinski definition) is 3. The lowest BCUT2D eigenvalue weighted by atomic mass is 10.0. The fraction of sp³-hybridized carbons (Fsp3) is 0.250. The third-order valence-corrected chi connectivity index (χ3v) is 5.44. The monoisotopic (exact) mass is 489 g/mol. The Morgan fingerprint density at radius 2 is 1.44 bits per heavy atom. The molecule has 0 heterocycles. The second-order valence-corrected chi connectivity index (χ2v) is 8.37. The van der Waals surface area contributed by atoms with Gasteiger partial charge in [-0.05, 0) is 73.5 Å². The molecule has 3 amide bonds. The molecule has 36 heavy (non-hydrogen) atoms. The highest BCUT2D eigenvalue weighted by atomic mass is 16.5. The first-order chi connectivity index (χ1) is 17.3. The molecule has 8 nitrogen and oxygen atoms in total. The molecule has 0 bridgehead atoms. The van der Waals surface area contributed by atoms with Crippen molar-refractivity contribution < 1.29 is 23.9 Å². The van der Waals surface area contributed by atoms with Gasteiger partial charge in [0.2, 0.25) is 5.91 Å². The molecule has 3 aromatic rings. The molecule has 3 N–H and O–H groups in total. The van der Waals surface area contributed by atoms with E-state index in [4.69, 9.17) is 9.47 Å². The van der Waals surface area contributed by atoms with Gasteiger partial charge in [-0.25, -0.2) is 0 Å². The summed E-state index contributed by atoms with van der Waals surface area (Å²) in [5.41, 5.74) is 1.60. The third kappa shape index (κ3) is 6.85. The van der Waals surface area contributed by atoms with Crippen molar-refractivity contribution in [3.8, 4) is 11.5 Å². The summed E-state index contributed by atoms with van der Waals surface area (Å²) in [5, 5.41) is 8.43. The van der Waals surface area contributed by atoms with Crippen LogP contribution in [0.2, 0.25) is 0 Å². The molecule has 0 radical (unpaired) electrons. The van der Waals surface area contributed by atoms with Crippen LogP contribution < -0.4 is 25.4 Å². The van der Waals surface area contributed by atoms with Gasteiger partial charge in [0.1, 0.15) is 17.5 Å². The van der Waals surface area contributed by atoms with Crippen molar-refractivity contribution in [3.63, 3.8) is 0 Å². The maximum atomic E-state index is 13.2. The van der Waals surface area contributed by atoms with Crippen molar-refractivity contribution in [2.24, 2.45) is 5.92 Å². The molecule has 0 aromatic heterocycles. The highest BCUT2D eigenvalue weighted by molar-refractivity contribution is 6.10. The summed E-state index contributed by atoms with van der Waals surface area (Å²) in [6.07, 6.45) is 0. The highest BCUT2D eigenvalue weighted by Gasteiger charge is 2.26. The summed E-state index contributed by atoms with van der Waals surface area (Å²) in [6, 6.07) is 19.5. The number of nitrogens with one attached hydrogen (secondary N) is 3. The standard InChI is InChI=1S/C28H31N3O5/c1-5-36-22-16-12-20(13-17-22)29-28(34)25(18(2)3)31-27(33)23-8-6-7-9-24(23)30-26(32)19-10-14-21(35-4)15-11-19/h6-18,25H,5H2,1-4H3,(H,29,34)(H,30,32)(H,31,33). The number of anilines is 2. The van der Waals surface area contributed by atoms with Crippen LogP contribution in [0.25, 0.3) is 0 Å². The molecule has 0 aliphatic rings. The summed E-state index contributed by atoms with van der Waals surface area (Å²) in [7, 11) is 1.55. The molecule has 1 atom stereocenters.